The van der Waals surface area contributed by atoms with E-state index in [1.54, 1.807) is 7.11 Å². The first kappa shape index (κ1) is 17.2. The molecule has 2 unspecified atom stereocenters. The Morgan fingerprint density at radius 1 is 1.20 bits per heavy atom. The number of hydrogen-bond acceptors (Lipinski definition) is 3. The maximum atomic E-state index is 5.50. The summed E-state index contributed by atoms with van der Waals surface area (Å²) in [5.74, 6) is 0. The number of hydrogen-bond donors (Lipinski definition) is 1. The third-order valence-corrected chi connectivity index (χ3v) is 3.82. The Balaban J connectivity index is 2.56. The molecule has 0 aliphatic heterocycles. The van der Waals surface area contributed by atoms with Gasteiger partial charge in [-0.05, 0) is 46.9 Å². The molecule has 1 aromatic carbocycles. The van der Waals surface area contributed by atoms with Crippen LogP contribution in [0, 0.1) is 0 Å². The fourth-order valence-corrected chi connectivity index (χ4v) is 2.48. The molecule has 0 bridgehead atoms. The summed E-state index contributed by atoms with van der Waals surface area (Å²) < 4.78 is 5.50. The van der Waals surface area contributed by atoms with Crippen LogP contribution in [-0.2, 0) is 4.74 Å². The maximum Gasteiger partial charge on any atom is 0.0637 e. The summed E-state index contributed by atoms with van der Waals surface area (Å²) in [6.45, 7) is 7.42. The highest BCUT2D eigenvalue weighted by molar-refractivity contribution is 5.19. The average Bonchev–Trinajstić information content (AvgIpc) is 2.39. The lowest BCUT2D eigenvalue weighted by Crippen LogP contribution is -2.40. The van der Waals surface area contributed by atoms with Crippen molar-refractivity contribution in [2.24, 2.45) is 0 Å². The molecule has 0 saturated heterocycles. The van der Waals surface area contributed by atoms with Gasteiger partial charge in [0.2, 0.25) is 0 Å². The monoisotopic (exact) mass is 278 g/mol. The van der Waals surface area contributed by atoms with E-state index in [0.29, 0.717) is 12.1 Å². The molecule has 1 N–H and O–H groups in total. The van der Waals surface area contributed by atoms with Crippen molar-refractivity contribution >= 4 is 0 Å². The molecule has 1 rings (SSSR count). The molecule has 0 saturated carbocycles. The highest BCUT2D eigenvalue weighted by Crippen LogP contribution is 2.19. The zero-order valence-electron chi connectivity index (χ0n) is 13.8. The molecular weight excluding hydrogens is 248 g/mol. The van der Waals surface area contributed by atoms with Crippen LogP contribution in [0.5, 0.6) is 0 Å². The van der Waals surface area contributed by atoms with E-state index in [-0.39, 0.29) is 5.60 Å². The summed E-state index contributed by atoms with van der Waals surface area (Å²) in [5.41, 5.74) is 1.27. The lowest BCUT2D eigenvalue weighted by molar-refractivity contribution is 0.00817. The van der Waals surface area contributed by atoms with E-state index in [0.717, 1.165) is 13.0 Å². The second-order valence-corrected chi connectivity index (χ2v) is 6.37. The van der Waals surface area contributed by atoms with Crippen LogP contribution >= 0.6 is 0 Å². The van der Waals surface area contributed by atoms with Crippen molar-refractivity contribution in [2.45, 2.75) is 44.9 Å². The van der Waals surface area contributed by atoms with Crippen molar-refractivity contribution in [3.05, 3.63) is 35.9 Å². The van der Waals surface area contributed by atoms with Gasteiger partial charge in [0.25, 0.3) is 0 Å². The maximum absolute atomic E-state index is 5.50. The van der Waals surface area contributed by atoms with Crippen molar-refractivity contribution in [1.29, 1.82) is 0 Å². The average molecular weight is 278 g/mol. The lowest BCUT2D eigenvalue weighted by atomic mass is 9.99. The minimum Gasteiger partial charge on any atom is -0.379 e. The van der Waals surface area contributed by atoms with Gasteiger partial charge in [-0.2, -0.15) is 0 Å². The zero-order valence-corrected chi connectivity index (χ0v) is 13.8. The summed E-state index contributed by atoms with van der Waals surface area (Å²) >= 11 is 0. The topological polar surface area (TPSA) is 24.5 Å². The molecule has 2 atom stereocenters. The number of methoxy groups -OCH3 is 1. The quantitative estimate of drug-likeness (QED) is 0.791. The van der Waals surface area contributed by atoms with Gasteiger partial charge < -0.3 is 15.0 Å². The minimum absolute atomic E-state index is 0.0766. The van der Waals surface area contributed by atoms with Crippen LogP contribution in [0.4, 0.5) is 0 Å². The van der Waals surface area contributed by atoms with E-state index in [1.165, 1.54) is 5.56 Å². The molecular formula is C17H30N2O. The Morgan fingerprint density at radius 3 is 2.30 bits per heavy atom. The zero-order chi connectivity index (χ0) is 15.2. The summed E-state index contributed by atoms with van der Waals surface area (Å²) in [4.78, 5) is 2.26. The molecule has 20 heavy (non-hydrogen) atoms. The van der Waals surface area contributed by atoms with Gasteiger partial charge in [-0.15, -0.1) is 0 Å². The first-order valence-corrected chi connectivity index (χ1v) is 7.35. The van der Waals surface area contributed by atoms with E-state index in [2.05, 4.69) is 75.4 Å². The Hall–Kier alpha value is -0.900. The van der Waals surface area contributed by atoms with Crippen LogP contribution < -0.4 is 5.32 Å². The van der Waals surface area contributed by atoms with Crippen LogP contribution in [0.25, 0.3) is 0 Å². The molecule has 3 nitrogen and oxygen atoms in total. The molecule has 0 heterocycles. The number of rotatable bonds is 8. The third-order valence-electron chi connectivity index (χ3n) is 3.82. The molecule has 114 valence electrons. The first-order chi connectivity index (χ1) is 9.35. The van der Waals surface area contributed by atoms with E-state index in [9.17, 15) is 0 Å². The van der Waals surface area contributed by atoms with Crippen molar-refractivity contribution in [1.82, 2.24) is 10.2 Å². The Bertz CT molecular complexity index is 376. The number of nitrogens with one attached hydrogen (secondary N) is 1. The minimum atomic E-state index is -0.0766. The van der Waals surface area contributed by atoms with Gasteiger partial charge in [-0.25, -0.2) is 0 Å². The number of ether oxygens (including phenoxy) is 1. The van der Waals surface area contributed by atoms with Gasteiger partial charge in [0.1, 0.15) is 0 Å². The fourth-order valence-electron chi connectivity index (χ4n) is 2.48. The van der Waals surface area contributed by atoms with Crippen LogP contribution in [0.2, 0.25) is 0 Å². The molecule has 0 radical (unpaired) electrons. The Kier molecular flexibility index (Phi) is 6.66. The summed E-state index contributed by atoms with van der Waals surface area (Å²) in [6.07, 6.45) is 0.998. The summed E-state index contributed by atoms with van der Waals surface area (Å²) in [6, 6.07) is 11.5. The van der Waals surface area contributed by atoms with Crippen LogP contribution in [0.3, 0.4) is 0 Å². The van der Waals surface area contributed by atoms with E-state index >= 15 is 0 Å². The van der Waals surface area contributed by atoms with E-state index in [1.807, 2.05) is 0 Å². The van der Waals surface area contributed by atoms with E-state index in [4.69, 9.17) is 4.74 Å². The highest BCUT2D eigenvalue weighted by atomic mass is 16.5. The van der Waals surface area contributed by atoms with E-state index < -0.39 is 0 Å². The predicted octanol–water partition coefficient (Wildman–Crippen LogP) is 3.08. The molecule has 0 aliphatic rings. The Morgan fingerprint density at radius 2 is 1.80 bits per heavy atom. The molecule has 0 spiro atoms. The lowest BCUT2D eigenvalue weighted by Gasteiger charge is -2.30. The molecule has 1 aromatic rings. The smallest absolute Gasteiger partial charge is 0.0637 e. The molecule has 0 aromatic heterocycles. The third kappa shape index (κ3) is 5.61. The fraction of sp³-hybridized carbons (Fsp3) is 0.647. The van der Waals surface area contributed by atoms with Crippen molar-refractivity contribution in [3.8, 4) is 0 Å². The van der Waals surface area contributed by atoms with Gasteiger partial charge in [-0.3, -0.25) is 0 Å². The second-order valence-electron chi connectivity index (χ2n) is 6.37. The van der Waals surface area contributed by atoms with Crippen LogP contribution in [-0.4, -0.2) is 44.3 Å². The van der Waals surface area contributed by atoms with Crippen molar-refractivity contribution in [3.63, 3.8) is 0 Å². The number of nitrogens with zero attached hydrogens (tertiary/aromatic N) is 1. The number of likely N-dealkylation sites (N-methyl/N-ethyl adjacent to an activating group) is 1. The predicted molar refractivity (Wildman–Crippen MR) is 86.0 cm³/mol. The van der Waals surface area contributed by atoms with Crippen LogP contribution in [0.15, 0.2) is 30.3 Å². The normalized spacial score (nSPS) is 15.3. The second kappa shape index (κ2) is 7.77. The van der Waals surface area contributed by atoms with Gasteiger partial charge in [0.05, 0.1) is 5.60 Å². The summed E-state index contributed by atoms with van der Waals surface area (Å²) in [5, 5.41) is 3.63. The van der Waals surface area contributed by atoms with Crippen molar-refractivity contribution < 1.29 is 4.74 Å². The molecule has 0 amide bonds. The van der Waals surface area contributed by atoms with Crippen molar-refractivity contribution in [2.75, 3.05) is 27.7 Å². The van der Waals surface area contributed by atoms with Gasteiger partial charge in [0.15, 0.2) is 0 Å². The first-order valence-electron chi connectivity index (χ1n) is 7.35. The molecule has 3 heteroatoms. The number of benzene rings is 1. The standard InChI is InChI=1S/C17H30N2O/c1-14(12-17(2,3)20-6)18-13-16(19(4)5)15-10-8-7-9-11-15/h7-11,14,16,18H,12-13H2,1-6H3. The van der Waals surface area contributed by atoms with Gasteiger partial charge in [0, 0.05) is 25.7 Å². The molecule has 0 aliphatic carbocycles. The van der Waals surface area contributed by atoms with Gasteiger partial charge >= 0.3 is 0 Å². The SMILES string of the molecule is COC(C)(C)CC(C)NCC(c1ccccc1)N(C)C. The summed E-state index contributed by atoms with van der Waals surface area (Å²) in [7, 11) is 6.03. The highest BCUT2D eigenvalue weighted by Gasteiger charge is 2.21. The largest absolute Gasteiger partial charge is 0.379 e. The van der Waals surface area contributed by atoms with Crippen LogP contribution in [0.1, 0.15) is 38.8 Å². The Labute approximate surface area is 124 Å². The molecule has 0 fully saturated rings. The van der Waals surface area contributed by atoms with Gasteiger partial charge in [-0.1, -0.05) is 30.3 Å².